The number of benzene rings is 2. The molecular formula is C17H18ClN3O2S2. The molecule has 25 heavy (non-hydrogen) atoms. The van der Waals surface area contributed by atoms with Crippen molar-refractivity contribution in [2.45, 2.75) is 5.54 Å². The van der Waals surface area contributed by atoms with Crippen LogP contribution in [0, 0.1) is 0 Å². The molecule has 2 aromatic carbocycles. The van der Waals surface area contributed by atoms with E-state index in [2.05, 4.69) is 10.0 Å². The molecule has 0 saturated heterocycles. The van der Waals surface area contributed by atoms with Gasteiger partial charge in [0.25, 0.3) is 0 Å². The molecule has 0 fully saturated rings. The first kappa shape index (κ1) is 18.1. The first-order valence-corrected chi connectivity index (χ1v) is 10.3. The summed E-state index contributed by atoms with van der Waals surface area (Å²) >= 11 is 11.7. The first-order valence-electron chi connectivity index (χ1n) is 7.59. The van der Waals surface area contributed by atoms with E-state index in [9.17, 15) is 8.42 Å². The van der Waals surface area contributed by atoms with Gasteiger partial charge in [-0.2, -0.15) is 0 Å². The van der Waals surface area contributed by atoms with Gasteiger partial charge in [-0.25, -0.2) is 13.1 Å². The molecule has 5 nitrogen and oxygen atoms in total. The number of hydrogen-bond acceptors (Lipinski definition) is 3. The van der Waals surface area contributed by atoms with Gasteiger partial charge in [-0.15, -0.1) is 0 Å². The Morgan fingerprint density at radius 1 is 1.24 bits per heavy atom. The Hall–Kier alpha value is -1.67. The molecule has 3 rings (SSSR count). The molecule has 0 aromatic heterocycles. The van der Waals surface area contributed by atoms with E-state index in [1.165, 1.54) is 0 Å². The van der Waals surface area contributed by atoms with Crippen LogP contribution in [0.15, 0.2) is 48.5 Å². The molecule has 1 atom stereocenters. The molecule has 1 heterocycles. The average molecular weight is 396 g/mol. The van der Waals surface area contributed by atoms with Crippen LogP contribution in [0.3, 0.4) is 0 Å². The van der Waals surface area contributed by atoms with Gasteiger partial charge >= 0.3 is 0 Å². The van der Waals surface area contributed by atoms with Crippen LogP contribution in [0.2, 0.25) is 5.02 Å². The van der Waals surface area contributed by atoms with E-state index in [0.717, 1.165) is 23.1 Å². The van der Waals surface area contributed by atoms with Gasteiger partial charge in [-0.3, -0.25) is 0 Å². The maximum Gasteiger partial charge on any atom is 0.208 e. The normalized spacial score (nSPS) is 20.1. The average Bonchev–Trinajstić information content (AvgIpc) is 2.56. The minimum atomic E-state index is -3.40. The van der Waals surface area contributed by atoms with Crippen molar-refractivity contribution in [2.24, 2.45) is 0 Å². The van der Waals surface area contributed by atoms with E-state index in [1.807, 2.05) is 54.4 Å². The zero-order chi connectivity index (χ0) is 18.2. The van der Waals surface area contributed by atoms with E-state index < -0.39 is 15.6 Å². The molecule has 1 unspecified atom stereocenters. The lowest BCUT2D eigenvalue weighted by atomic mass is 9.79. The summed E-state index contributed by atoms with van der Waals surface area (Å²) in [5.74, 6) is 0. The minimum absolute atomic E-state index is 0.126. The molecule has 0 saturated carbocycles. The lowest BCUT2D eigenvalue weighted by Gasteiger charge is -2.48. The molecule has 132 valence electrons. The largest absolute Gasteiger partial charge is 0.337 e. The van der Waals surface area contributed by atoms with Crippen molar-refractivity contribution in [1.29, 1.82) is 0 Å². The summed E-state index contributed by atoms with van der Waals surface area (Å²) in [6.07, 6.45) is 1.14. The van der Waals surface area contributed by atoms with Gasteiger partial charge in [0.15, 0.2) is 5.11 Å². The number of sulfonamides is 1. The summed E-state index contributed by atoms with van der Waals surface area (Å²) in [7, 11) is -1.55. The number of thiocarbonyl (C=S) groups is 1. The van der Waals surface area contributed by atoms with Crippen LogP contribution in [0.4, 0.5) is 5.69 Å². The van der Waals surface area contributed by atoms with Crippen molar-refractivity contribution < 1.29 is 8.42 Å². The summed E-state index contributed by atoms with van der Waals surface area (Å²) in [6.45, 7) is 0.126. The maximum absolute atomic E-state index is 11.8. The van der Waals surface area contributed by atoms with E-state index in [4.69, 9.17) is 23.8 Å². The third-order valence-corrected chi connectivity index (χ3v) is 5.67. The molecular weight excluding hydrogens is 378 g/mol. The zero-order valence-corrected chi connectivity index (χ0v) is 16.2. The molecule has 0 amide bonds. The smallest absolute Gasteiger partial charge is 0.208 e. The van der Waals surface area contributed by atoms with Gasteiger partial charge < -0.3 is 10.2 Å². The summed E-state index contributed by atoms with van der Waals surface area (Å²) < 4.78 is 26.3. The van der Waals surface area contributed by atoms with Crippen LogP contribution in [-0.2, 0) is 15.6 Å². The summed E-state index contributed by atoms with van der Waals surface area (Å²) in [5.41, 5.74) is 1.78. The maximum atomic E-state index is 11.8. The van der Waals surface area contributed by atoms with Gasteiger partial charge in [0.2, 0.25) is 10.0 Å². The Balaban J connectivity index is 2.29. The van der Waals surface area contributed by atoms with Crippen LogP contribution in [0.5, 0.6) is 0 Å². The topological polar surface area (TPSA) is 61.4 Å². The predicted octanol–water partition coefficient (Wildman–Crippen LogP) is 2.78. The highest BCUT2D eigenvalue weighted by Gasteiger charge is 2.45. The second kappa shape index (κ2) is 6.57. The molecule has 2 N–H and O–H groups in total. The van der Waals surface area contributed by atoms with Gasteiger partial charge in [-0.05, 0) is 36.0 Å². The number of anilines is 1. The predicted molar refractivity (Wildman–Crippen MR) is 106 cm³/mol. The van der Waals surface area contributed by atoms with Crippen molar-refractivity contribution in [3.8, 4) is 0 Å². The number of likely N-dealkylation sites (N-methyl/N-ethyl adjacent to an activating group) is 1. The zero-order valence-electron chi connectivity index (χ0n) is 13.8. The molecule has 0 radical (unpaired) electrons. The highest BCUT2D eigenvalue weighted by molar-refractivity contribution is 7.88. The molecule has 2 aromatic rings. The number of nitrogens with zero attached hydrogens (tertiary/aromatic N) is 1. The number of fused-ring (bicyclic) bond motifs is 1. The third kappa shape index (κ3) is 3.37. The third-order valence-electron chi connectivity index (χ3n) is 4.39. The second-order valence-electron chi connectivity index (χ2n) is 6.00. The minimum Gasteiger partial charge on any atom is -0.337 e. The van der Waals surface area contributed by atoms with Crippen LogP contribution in [0.1, 0.15) is 11.1 Å². The summed E-state index contributed by atoms with van der Waals surface area (Å²) in [4.78, 5) is 1.87. The SMILES string of the molecule is CN1C(=S)Nc2ccc(Cl)cc2C1(CNS(C)(=O)=O)c1ccccc1. The first-order chi connectivity index (χ1) is 11.7. The Labute approximate surface area is 158 Å². The molecule has 1 aliphatic rings. The second-order valence-corrected chi connectivity index (χ2v) is 8.65. The van der Waals surface area contributed by atoms with Crippen molar-refractivity contribution >= 4 is 44.6 Å². The van der Waals surface area contributed by atoms with Crippen LogP contribution >= 0.6 is 23.8 Å². The number of rotatable bonds is 4. The Bertz CT molecular complexity index is 919. The Morgan fingerprint density at radius 3 is 2.56 bits per heavy atom. The van der Waals surface area contributed by atoms with Crippen LogP contribution < -0.4 is 10.0 Å². The molecule has 0 bridgehead atoms. The standard InChI is InChI=1S/C17H18ClN3O2S2/c1-21-16(24)20-15-9-8-13(18)10-14(15)17(21,11-19-25(2,22)23)12-6-4-3-5-7-12/h3-10,19H,11H2,1-2H3,(H,20,24). The number of nitrogens with one attached hydrogen (secondary N) is 2. The quantitative estimate of drug-likeness (QED) is 0.779. The monoisotopic (exact) mass is 395 g/mol. The molecule has 0 spiro atoms. The molecule has 1 aliphatic heterocycles. The lowest BCUT2D eigenvalue weighted by Crippen LogP contribution is -2.58. The highest BCUT2D eigenvalue weighted by atomic mass is 35.5. The molecule has 8 heteroatoms. The lowest BCUT2D eigenvalue weighted by molar-refractivity contribution is 0.261. The van der Waals surface area contributed by atoms with Crippen molar-refractivity contribution in [3.63, 3.8) is 0 Å². The number of hydrogen-bond donors (Lipinski definition) is 2. The highest BCUT2D eigenvalue weighted by Crippen LogP contribution is 2.43. The van der Waals surface area contributed by atoms with Crippen molar-refractivity contribution in [3.05, 3.63) is 64.7 Å². The Morgan fingerprint density at radius 2 is 1.92 bits per heavy atom. The fourth-order valence-electron chi connectivity index (χ4n) is 3.14. The Kier molecular flexibility index (Phi) is 4.76. The van der Waals surface area contributed by atoms with Gasteiger partial charge in [-0.1, -0.05) is 41.9 Å². The van der Waals surface area contributed by atoms with Gasteiger partial charge in [0.05, 0.1) is 6.26 Å². The van der Waals surface area contributed by atoms with Crippen molar-refractivity contribution in [2.75, 3.05) is 25.2 Å². The fraction of sp³-hybridized carbons (Fsp3) is 0.235. The van der Waals surface area contributed by atoms with Gasteiger partial charge in [0, 0.05) is 29.9 Å². The van der Waals surface area contributed by atoms with E-state index >= 15 is 0 Å². The number of halogens is 1. The van der Waals surface area contributed by atoms with Crippen molar-refractivity contribution in [1.82, 2.24) is 9.62 Å². The van der Waals surface area contributed by atoms with Gasteiger partial charge in [0.1, 0.15) is 5.54 Å². The van der Waals surface area contributed by atoms with Crippen LogP contribution in [-0.4, -0.2) is 38.3 Å². The van der Waals surface area contributed by atoms with E-state index in [-0.39, 0.29) is 6.54 Å². The van der Waals surface area contributed by atoms with E-state index in [1.54, 1.807) is 6.07 Å². The fourth-order valence-corrected chi connectivity index (χ4v) is 4.04. The van der Waals surface area contributed by atoms with E-state index in [0.29, 0.717) is 10.1 Å². The summed E-state index contributed by atoms with van der Waals surface area (Å²) in [5, 5.41) is 4.26. The summed E-state index contributed by atoms with van der Waals surface area (Å²) in [6, 6.07) is 15.1. The van der Waals surface area contributed by atoms with Crippen LogP contribution in [0.25, 0.3) is 0 Å². The molecule has 0 aliphatic carbocycles.